The van der Waals surface area contributed by atoms with Gasteiger partial charge in [-0.2, -0.15) is 4.73 Å². The number of amides is 2. The molecule has 1 atom stereocenters. The highest BCUT2D eigenvalue weighted by Crippen LogP contribution is 2.26. The predicted molar refractivity (Wildman–Crippen MR) is 132 cm³/mol. The number of anilines is 1. The van der Waals surface area contributed by atoms with Crippen molar-refractivity contribution in [1.82, 2.24) is 10.5 Å². The van der Waals surface area contributed by atoms with Gasteiger partial charge in [0.25, 0.3) is 5.91 Å². The van der Waals surface area contributed by atoms with Gasteiger partial charge in [-0.1, -0.05) is 47.6 Å². The number of pyridine rings is 1. The summed E-state index contributed by atoms with van der Waals surface area (Å²) in [6, 6.07) is 17.7. The lowest BCUT2D eigenvalue weighted by Crippen LogP contribution is -2.45. The van der Waals surface area contributed by atoms with Crippen LogP contribution < -0.4 is 15.4 Å². The second-order valence-corrected chi connectivity index (χ2v) is 8.38. The quantitative estimate of drug-likeness (QED) is 0.315. The van der Waals surface area contributed by atoms with Gasteiger partial charge in [-0.3, -0.25) is 9.59 Å². The second kappa shape index (κ2) is 10.2. The van der Waals surface area contributed by atoms with Gasteiger partial charge in [-0.25, -0.2) is 0 Å². The molecular formula is C27H26N4O4. The third-order valence-corrected chi connectivity index (χ3v) is 5.89. The maximum absolute atomic E-state index is 13.2. The Morgan fingerprint density at radius 3 is 2.40 bits per heavy atom. The molecule has 0 aliphatic rings. The molecule has 2 aromatic carbocycles. The number of nitrogens with zero attached hydrogens (tertiary/aromatic N) is 2. The topological polar surface area (TPSA) is 111 Å². The summed E-state index contributed by atoms with van der Waals surface area (Å²) in [5.74, 6) is -0.787. The van der Waals surface area contributed by atoms with Crippen LogP contribution in [0.2, 0.25) is 0 Å². The Labute approximate surface area is 203 Å². The van der Waals surface area contributed by atoms with Gasteiger partial charge in [-0.15, -0.1) is 0 Å². The zero-order valence-electron chi connectivity index (χ0n) is 19.7. The third kappa shape index (κ3) is 5.38. The first-order chi connectivity index (χ1) is 16.8. The lowest BCUT2D eigenvalue weighted by atomic mass is 9.99. The summed E-state index contributed by atoms with van der Waals surface area (Å²) < 4.78 is 5.70. The van der Waals surface area contributed by atoms with Crippen LogP contribution in [0.15, 0.2) is 77.6 Å². The predicted octanol–water partition coefficient (Wildman–Crippen LogP) is 3.88. The fourth-order valence-corrected chi connectivity index (χ4v) is 3.96. The SMILES string of the molecule is Cc1cc[n+]([O-])c(C)c1-c1ccc(NC(=O)[C@H](Cc2ccccc2)NC(=O)c2conc2C)cc1. The summed E-state index contributed by atoms with van der Waals surface area (Å²) in [5.41, 5.74) is 5.54. The van der Waals surface area contributed by atoms with Crippen molar-refractivity contribution in [2.45, 2.75) is 33.2 Å². The molecule has 0 spiro atoms. The molecule has 2 aromatic heterocycles. The number of rotatable bonds is 7. The molecule has 0 aliphatic heterocycles. The first-order valence-corrected chi connectivity index (χ1v) is 11.2. The van der Waals surface area contributed by atoms with Crippen molar-refractivity contribution in [3.05, 3.63) is 106 Å². The standard InChI is InChI=1S/C27H26N4O4/c1-17-13-14-31(34)19(3)25(17)21-9-11-22(12-10-21)28-27(33)24(15-20-7-5-4-6-8-20)29-26(32)23-16-35-30-18(23)2/h4-14,16,24H,15H2,1-3H3,(H,28,33)(H,29,32)/t24-/m0/s1. The first-order valence-electron chi connectivity index (χ1n) is 11.2. The Balaban J connectivity index is 1.54. The molecule has 0 unspecified atom stereocenters. The van der Waals surface area contributed by atoms with Crippen LogP contribution in [0.25, 0.3) is 11.1 Å². The van der Waals surface area contributed by atoms with Crippen LogP contribution in [0.1, 0.15) is 32.9 Å². The van der Waals surface area contributed by atoms with E-state index in [-0.39, 0.29) is 11.5 Å². The van der Waals surface area contributed by atoms with Gasteiger partial charge in [-0.05, 0) is 42.7 Å². The van der Waals surface area contributed by atoms with Gasteiger partial charge in [0.15, 0.2) is 11.9 Å². The summed E-state index contributed by atoms with van der Waals surface area (Å²) in [7, 11) is 0. The largest absolute Gasteiger partial charge is 0.618 e. The summed E-state index contributed by atoms with van der Waals surface area (Å²) in [5, 5.41) is 21.4. The van der Waals surface area contributed by atoms with Gasteiger partial charge in [0.2, 0.25) is 5.91 Å². The van der Waals surface area contributed by atoms with E-state index < -0.39 is 11.9 Å². The zero-order chi connectivity index (χ0) is 24.9. The lowest BCUT2D eigenvalue weighted by molar-refractivity contribution is -0.611. The fraction of sp³-hybridized carbons (Fsp3) is 0.185. The van der Waals surface area contributed by atoms with Gasteiger partial charge in [0.05, 0.1) is 11.3 Å². The number of aryl methyl sites for hydroxylation is 2. The van der Waals surface area contributed by atoms with E-state index in [9.17, 15) is 14.8 Å². The van der Waals surface area contributed by atoms with Crippen molar-refractivity contribution >= 4 is 17.5 Å². The lowest BCUT2D eigenvalue weighted by Gasteiger charge is -2.19. The zero-order valence-corrected chi connectivity index (χ0v) is 19.7. The maximum Gasteiger partial charge on any atom is 0.257 e. The van der Waals surface area contributed by atoms with E-state index in [0.29, 0.717) is 23.5 Å². The van der Waals surface area contributed by atoms with Crippen LogP contribution in [0, 0.1) is 26.0 Å². The van der Waals surface area contributed by atoms with Crippen molar-refractivity contribution < 1.29 is 18.8 Å². The van der Waals surface area contributed by atoms with Crippen LogP contribution in [0.5, 0.6) is 0 Å². The van der Waals surface area contributed by atoms with Crippen molar-refractivity contribution in [3.8, 4) is 11.1 Å². The second-order valence-electron chi connectivity index (χ2n) is 8.38. The molecule has 4 aromatic rings. The number of hydrogen-bond acceptors (Lipinski definition) is 5. The normalized spacial score (nSPS) is 11.6. The van der Waals surface area contributed by atoms with Crippen molar-refractivity contribution in [2.24, 2.45) is 0 Å². The molecule has 0 bridgehead atoms. The average molecular weight is 471 g/mol. The molecule has 2 N–H and O–H groups in total. The molecule has 8 heteroatoms. The Hall–Kier alpha value is -4.46. The van der Waals surface area contributed by atoms with E-state index in [1.807, 2.05) is 49.4 Å². The maximum atomic E-state index is 13.2. The molecule has 0 saturated carbocycles. The van der Waals surface area contributed by atoms with E-state index in [1.54, 1.807) is 32.0 Å². The molecule has 0 aliphatic carbocycles. The summed E-state index contributed by atoms with van der Waals surface area (Å²) in [6.07, 6.45) is 3.07. The minimum absolute atomic E-state index is 0.282. The molecular weight excluding hydrogens is 444 g/mol. The van der Waals surface area contributed by atoms with E-state index in [2.05, 4.69) is 15.8 Å². The smallest absolute Gasteiger partial charge is 0.257 e. The minimum atomic E-state index is -0.822. The van der Waals surface area contributed by atoms with Crippen molar-refractivity contribution in [3.63, 3.8) is 0 Å². The molecule has 8 nitrogen and oxygen atoms in total. The molecule has 2 amide bonds. The van der Waals surface area contributed by atoms with Gasteiger partial charge in [0, 0.05) is 25.1 Å². The van der Waals surface area contributed by atoms with Crippen LogP contribution in [0.4, 0.5) is 5.69 Å². The molecule has 0 saturated heterocycles. The first kappa shape index (κ1) is 23.7. The van der Waals surface area contributed by atoms with Gasteiger partial charge < -0.3 is 20.4 Å². The Morgan fingerprint density at radius 2 is 1.74 bits per heavy atom. The Morgan fingerprint density at radius 1 is 1.03 bits per heavy atom. The highest BCUT2D eigenvalue weighted by Gasteiger charge is 2.24. The van der Waals surface area contributed by atoms with E-state index in [1.165, 1.54) is 12.5 Å². The molecule has 178 valence electrons. The summed E-state index contributed by atoms with van der Waals surface area (Å²) in [4.78, 5) is 26.0. The molecule has 35 heavy (non-hydrogen) atoms. The van der Waals surface area contributed by atoms with Crippen LogP contribution in [-0.4, -0.2) is 23.0 Å². The minimum Gasteiger partial charge on any atom is -0.618 e. The fourth-order valence-electron chi connectivity index (χ4n) is 3.96. The molecule has 0 fully saturated rings. The highest BCUT2D eigenvalue weighted by atomic mass is 16.5. The Kier molecular flexibility index (Phi) is 6.91. The number of carbonyl (C=O) groups excluding carboxylic acids is 2. The number of hydrogen-bond donors (Lipinski definition) is 2. The van der Waals surface area contributed by atoms with Crippen LogP contribution in [0.3, 0.4) is 0 Å². The number of benzene rings is 2. The van der Waals surface area contributed by atoms with Gasteiger partial charge in [0.1, 0.15) is 17.9 Å². The molecule has 2 heterocycles. The average Bonchev–Trinajstić information content (AvgIpc) is 3.29. The van der Waals surface area contributed by atoms with Crippen molar-refractivity contribution in [2.75, 3.05) is 5.32 Å². The van der Waals surface area contributed by atoms with Gasteiger partial charge >= 0.3 is 0 Å². The Bertz CT molecular complexity index is 1350. The molecule has 0 radical (unpaired) electrons. The van der Waals surface area contributed by atoms with E-state index in [0.717, 1.165) is 27.0 Å². The highest BCUT2D eigenvalue weighted by molar-refractivity contribution is 6.01. The summed E-state index contributed by atoms with van der Waals surface area (Å²) >= 11 is 0. The monoisotopic (exact) mass is 470 g/mol. The van der Waals surface area contributed by atoms with Crippen LogP contribution in [-0.2, 0) is 11.2 Å². The number of carbonyl (C=O) groups is 2. The van der Waals surface area contributed by atoms with Crippen molar-refractivity contribution in [1.29, 1.82) is 0 Å². The number of nitrogens with one attached hydrogen (secondary N) is 2. The van der Waals surface area contributed by atoms with Crippen LogP contribution >= 0.6 is 0 Å². The van der Waals surface area contributed by atoms with E-state index in [4.69, 9.17) is 4.52 Å². The number of aromatic nitrogens is 2. The molecule has 4 rings (SSSR count). The summed E-state index contributed by atoms with van der Waals surface area (Å²) in [6.45, 7) is 5.39. The third-order valence-electron chi connectivity index (χ3n) is 5.89. The van der Waals surface area contributed by atoms with E-state index >= 15 is 0 Å².